The van der Waals surface area contributed by atoms with Gasteiger partial charge in [-0.1, -0.05) is 28.9 Å². The average molecular weight is 589 g/mol. The number of fused-ring (bicyclic) bond motifs is 1. The zero-order valence-corrected chi connectivity index (χ0v) is 22.0. The summed E-state index contributed by atoms with van der Waals surface area (Å²) in [4.78, 5) is 38.9. The van der Waals surface area contributed by atoms with Gasteiger partial charge in [-0.3, -0.25) is 9.59 Å². The van der Waals surface area contributed by atoms with Crippen molar-refractivity contribution in [3.63, 3.8) is 0 Å². The van der Waals surface area contributed by atoms with Gasteiger partial charge in [-0.25, -0.2) is 13.6 Å². The Morgan fingerprint density at radius 3 is 2.83 bits per heavy atom. The maximum atomic E-state index is 14.5. The molecule has 41 heavy (non-hydrogen) atoms. The van der Waals surface area contributed by atoms with Gasteiger partial charge in [0.1, 0.15) is 30.3 Å². The Morgan fingerprint density at radius 1 is 1.24 bits per heavy atom. The van der Waals surface area contributed by atoms with Crippen LogP contribution in [0.15, 0.2) is 42.6 Å². The van der Waals surface area contributed by atoms with Crippen LogP contribution in [0.3, 0.4) is 0 Å². The number of H-pyrrole nitrogens is 1. The van der Waals surface area contributed by atoms with E-state index in [1.165, 1.54) is 29.0 Å². The molecule has 2 atom stereocenters. The van der Waals surface area contributed by atoms with Crippen LogP contribution in [0.4, 0.5) is 13.6 Å². The summed E-state index contributed by atoms with van der Waals surface area (Å²) in [7, 11) is 0. The smallest absolute Gasteiger partial charge is 0.410 e. The molecule has 4 N–H and O–H groups in total. The molecule has 1 saturated heterocycles. The Hall–Kier alpha value is -4.79. The lowest BCUT2D eigenvalue weighted by atomic mass is 10.1. The molecular weight excluding hydrogens is 566 g/mol. The van der Waals surface area contributed by atoms with E-state index in [1.807, 2.05) is 0 Å². The molecule has 3 heterocycles. The van der Waals surface area contributed by atoms with Gasteiger partial charge in [0.25, 0.3) is 0 Å². The molecule has 13 nitrogen and oxygen atoms in total. The van der Waals surface area contributed by atoms with Gasteiger partial charge in [0.05, 0.1) is 17.1 Å². The number of halogens is 3. The zero-order valence-electron chi connectivity index (χ0n) is 21.2. The highest BCUT2D eigenvalue weighted by molar-refractivity contribution is 6.30. The molecule has 16 heteroatoms. The minimum absolute atomic E-state index is 0.00777. The molecule has 0 saturated carbocycles. The fourth-order valence-electron chi connectivity index (χ4n) is 4.57. The number of primary amides is 1. The van der Waals surface area contributed by atoms with E-state index in [0.717, 1.165) is 4.90 Å². The van der Waals surface area contributed by atoms with Gasteiger partial charge in [0.15, 0.2) is 12.4 Å². The standard InChI is InChI=1S/C25H23ClF2N8O5/c26-17-3-1-2-13(23(17)28)8-30-24(38)19-6-14(27)9-36(19)22(37)11-35-10-20(41-25(29)39)16-5-4-15(7-18(16)35)40-12-21-31-33-34-32-21/h1-5,7,10,14,19H,6,8-9,11-12H2,(H2,29,39)(H,30,38)(H,31,32,33,34)/t14-,19+/m1/s1. The highest BCUT2D eigenvalue weighted by Gasteiger charge is 2.39. The van der Waals surface area contributed by atoms with Crippen LogP contribution >= 0.6 is 11.6 Å². The largest absolute Gasteiger partial charge is 0.485 e. The summed E-state index contributed by atoms with van der Waals surface area (Å²) < 4.78 is 40.9. The normalized spacial score (nSPS) is 16.6. The predicted molar refractivity (Wildman–Crippen MR) is 139 cm³/mol. The summed E-state index contributed by atoms with van der Waals surface area (Å²) in [5.74, 6) is -1.09. The predicted octanol–water partition coefficient (Wildman–Crippen LogP) is 2.24. The summed E-state index contributed by atoms with van der Waals surface area (Å²) in [6.45, 7) is -0.811. The van der Waals surface area contributed by atoms with E-state index in [4.69, 9.17) is 26.8 Å². The molecule has 0 bridgehead atoms. The van der Waals surface area contributed by atoms with Crippen molar-refractivity contribution in [2.45, 2.75) is 38.3 Å². The second kappa shape index (κ2) is 11.8. The lowest BCUT2D eigenvalue weighted by molar-refractivity contribution is -0.139. The van der Waals surface area contributed by atoms with Crippen LogP contribution in [-0.2, 0) is 29.3 Å². The third kappa shape index (κ3) is 6.19. The van der Waals surface area contributed by atoms with E-state index < -0.39 is 35.9 Å². The minimum atomic E-state index is -1.43. The topological polar surface area (TPSA) is 170 Å². The summed E-state index contributed by atoms with van der Waals surface area (Å²) >= 11 is 5.79. The van der Waals surface area contributed by atoms with Gasteiger partial charge in [-0.05, 0) is 18.2 Å². The molecule has 2 aromatic heterocycles. The molecule has 1 aliphatic rings. The molecule has 0 spiro atoms. The number of tetrazole rings is 1. The van der Waals surface area contributed by atoms with Gasteiger partial charge in [0, 0.05) is 36.2 Å². The second-order valence-electron chi connectivity index (χ2n) is 9.16. The monoisotopic (exact) mass is 588 g/mol. The number of amides is 3. The highest BCUT2D eigenvalue weighted by Crippen LogP contribution is 2.32. The number of hydrogen-bond donors (Lipinski definition) is 3. The Balaban J connectivity index is 1.34. The number of carbonyl (C=O) groups is 3. The van der Waals surface area contributed by atoms with Gasteiger partial charge >= 0.3 is 6.09 Å². The Bertz CT molecular complexity index is 1600. The lowest BCUT2D eigenvalue weighted by Crippen LogP contribution is -2.46. The Kier molecular flexibility index (Phi) is 7.96. The number of aromatic nitrogens is 5. The van der Waals surface area contributed by atoms with Gasteiger partial charge in [-0.15, -0.1) is 10.2 Å². The molecule has 2 aromatic carbocycles. The number of ether oxygens (including phenoxy) is 2. The molecule has 0 radical (unpaired) electrons. The number of aromatic amines is 1. The number of alkyl halides is 1. The highest BCUT2D eigenvalue weighted by atomic mass is 35.5. The average Bonchev–Trinajstić information content (AvgIpc) is 3.67. The van der Waals surface area contributed by atoms with E-state index in [0.29, 0.717) is 22.5 Å². The van der Waals surface area contributed by atoms with Crippen LogP contribution in [0.5, 0.6) is 11.5 Å². The van der Waals surface area contributed by atoms with Crippen LogP contribution in [0.2, 0.25) is 5.02 Å². The van der Waals surface area contributed by atoms with Crippen molar-refractivity contribution >= 4 is 40.4 Å². The third-order valence-corrected chi connectivity index (χ3v) is 6.74. The van der Waals surface area contributed by atoms with Crippen LogP contribution in [0, 0.1) is 5.82 Å². The van der Waals surface area contributed by atoms with Crippen LogP contribution < -0.4 is 20.5 Å². The van der Waals surface area contributed by atoms with Gasteiger partial charge in [-0.2, -0.15) is 5.21 Å². The first-order valence-electron chi connectivity index (χ1n) is 12.3. The number of nitrogens with zero attached hydrogens (tertiary/aromatic N) is 5. The number of likely N-dealkylation sites (tertiary alicyclic amines) is 1. The molecular formula is C25H23ClF2N8O5. The molecule has 1 fully saturated rings. The fraction of sp³-hybridized carbons (Fsp3) is 0.280. The van der Waals surface area contributed by atoms with Crippen molar-refractivity contribution in [2.75, 3.05) is 6.54 Å². The third-order valence-electron chi connectivity index (χ3n) is 6.45. The van der Waals surface area contributed by atoms with E-state index >= 15 is 0 Å². The summed E-state index contributed by atoms with van der Waals surface area (Å²) in [5, 5.41) is 16.3. The van der Waals surface area contributed by atoms with Crippen molar-refractivity contribution in [3.05, 3.63) is 64.8 Å². The maximum absolute atomic E-state index is 14.5. The number of nitrogens with two attached hydrogens (primary N) is 1. The van der Waals surface area contributed by atoms with Crippen LogP contribution in [0.25, 0.3) is 10.9 Å². The minimum Gasteiger partial charge on any atom is -0.485 e. The zero-order chi connectivity index (χ0) is 29.1. The number of nitrogens with one attached hydrogen (secondary N) is 2. The van der Waals surface area contributed by atoms with Crippen LogP contribution in [0.1, 0.15) is 17.8 Å². The van der Waals surface area contributed by atoms with Crippen molar-refractivity contribution in [2.24, 2.45) is 5.73 Å². The van der Waals surface area contributed by atoms with Crippen LogP contribution in [-0.4, -0.2) is 66.8 Å². The van der Waals surface area contributed by atoms with E-state index in [1.54, 1.807) is 18.2 Å². The first-order chi connectivity index (χ1) is 19.7. The summed E-state index contributed by atoms with van der Waals surface area (Å²) in [6.07, 6.45) is -1.30. The molecule has 5 rings (SSSR count). The second-order valence-corrected chi connectivity index (χ2v) is 9.57. The van der Waals surface area contributed by atoms with E-state index in [-0.39, 0.29) is 49.0 Å². The lowest BCUT2D eigenvalue weighted by Gasteiger charge is -2.24. The molecule has 4 aromatic rings. The van der Waals surface area contributed by atoms with Crippen molar-refractivity contribution in [1.29, 1.82) is 0 Å². The van der Waals surface area contributed by atoms with Gasteiger partial charge in [0.2, 0.25) is 17.6 Å². The molecule has 0 unspecified atom stereocenters. The first-order valence-corrected chi connectivity index (χ1v) is 12.7. The summed E-state index contributed by atoms with van der Waals surface area (Å²) in [6, 6.07) is 8.08. The summed E-state index contributed by atoms with van der Waals surface area (Å²) in [5.41, 5.74) is 5.79. The first kappa shape index (κ1) is 27.8. The quantitative estimate of drug-likeness (QED) is 0.267. The number of carbonyl (C=O) groups excluding carboxylic acids is 3. The Morgan fingerprint density at radius 2 is 2.07 bits per heavy atom. The van der Waals surface area contributed by atoms with Crippen molar-refractivity contribution < 1.29 is 32.6 Å². The number of rotatable bonds is 9. The number of benzene rings is 2. The Labute approximate surface area is 235 Å². The molecule has 3 amide bonds. The van der Waals surface area contributed by atoms with Crippen molar-refractivity contribution in [3.8, 4) is 11.5 Å². The van der Waals surface area contributed by atoms with E-state index in [2.05, 4.69) is 25.9 Å². The molecule has 1 aliphatic heterocycles. The van der Waals surface area contributed by atoms with Gasteiger partial charge < -0.3 is 30.0 Å². The molecule has 0 aliphatic carbocycles. The SMILES string of the molecule is NC(=O)Oc1cn(CC(=O)N2C[C@H](F)C[C@H]2C(=O)NCc2cccc(Cl)c2F)c2cc(OCc3nn[nH]n3)ccc12. The maximum Gasteiger partial charge on any atom is 0.410 e. The number of hydrogen-bond acceptors (Lipinski definition) is 8. The van der Waals surface area contributed by atoms with E-state index in [9.17, 15) is 23.2 Å². The van der Waals surface area contributed by atoms with Crippen molar-refractivity contribution in [1.82, 2.24) is 35.4 Å². The fourth-order valence-corrected chi connectivity index (χ4v) is 4.76. The molecule has 214 valence electrons.